The molecule has 1 heterocycles. The Labute approximate surface area is 222 Å². The van der Waals surface area contributed by atoms with Gasteiger partial charge < -0.3 is 10.1 Å². The molecular weight excluding hydrogens is 547 g/mol. The van der Waals surface area contributed by atoms with Gasteiger partial charge in [-0.1, -0.05) is 23.2 Å². The van der Waals surface area contributed by atoms with Crippen LogP contribution in [0.3, 0.4) is 0 Å². The third-order valence-corrected chi connectivity index (χ3v) is 8.66. The summed E-state index contributed by atoms with van der Waals surface area (Å²) >= 11 is 13.4. The number of halogens is 3. The van der Waals surface area contributed by atoms with Crippen molar-refractivity contribution in [1.29, 1.82) is 0 Å². The van der Waals surface area contributed by atoms with E-state index in [0.717, 1.165) is 4.70 Å². The largest absolute Gasteiger partial charge is 0.438 e. The minimum Gasteiger partial charge on any atom is -0.438 e. The number of benzene rings is 2. The number of esters is 1. The van der Waals surface area contributed by atoms with Gasteiger partial charge in [-0.2, -0.15) is 0 Å². The summed E-state index contributed by atoms with van der Waals surface area (Å²) in [6.07, 6.45) is 2.58. The van der Waals surface area contributed by atoms with Crippen molar-refractivity contribution in [2.24, 2.45) is 5.41 Å². The summed E-state index contributed by atoms with van der Waals surface area (Å²) in [5, 5.41) is 5.70. The van der Waals surface area contributed by atoms with Gasteiger partial charge in [0.05, 0.1) is 5.41 Å². The van der Waals surface area contributed by atoms with Crippen molar-refractivity contribution in [3.63, 3.8) is 0 Å². The molecule has 6 nitrogen and oxygen atoms in total. The molecule has 2 unspecified atom stereocenters. The summed E-state index contributed by atoms with van der Waals surface area (Å²) in [5.74, 6) is -1.71. The first-order valence-electron chi connectivity index (χ1n) is 10.8. The zero-order valence-electron chi connectivity index (χ0n) is 20.0. The lowest BCUT2D eigenvalue weighted by molar-refractivity contribution is -0.159. The van der Waals surface area contributed by atoms with Gasteiger partial charge in [0.25, 0.3) is 0 Å². The number of ether oxygens (including phenoxy) is 1. The van der Waals surface area contributed by atoms with E-state index >= 15 is 0 Å². The van der Waals surface area contributed by atoms with Crippen molar-refractivity contribution in [3.05, 3.63) is 75.0 Å². The molecule has 0 bridgehead atoms. The fourth-order valence-electron chi connectivity index (χ4n) is 3.25. The van der Waals surface area contributed by atoms with Crippen molar-refractivity contribution in [2.45, 2.75) is 26.4 Å². The van der Waals surface area contributed by atoms with E-state index in [0.29, 0.717) is 21.0 Å². The molecule has 192 valence electrons. The van der Waals surface area contributed by atoms with Crippen LogP contribution >= 0.6 is 41.9 Å². The lowest BCUT2D eigenvalue weighted by Gasteiger charge is -2.24. The van der Waals surface area contributed by atoms with E-state index in [9.17, 15) is 18.5 Å². The molecular formula is C25H25Cl2FNO5PS. The molecule has 1 aromatic heterocycles. The molecule has 0 saturated heterocycles. The summed E-state index contributed by atoms with van der Waals surface area (Å²) < 4.78 is 39.2. The lowest BCUT2D eigenvalue weighted by atomic mass is 9.98. The van der Waals surface area contributed by atoms with Crippen LogP contribution in [0.4, 0.5) is 4.39 Å². The van der Waals surface area contributed by atoms with Gasteiger partial charge >= 0.3 is 5.97 Å². The van der Waals surface area contributed by atoms with Crippen LogP contribution in [0.1, 0.15) is 37.6 Å². The molecule has 11 heteroatoms. The minimum atomic E-state index is -3.76. The van der Waals surface area contributed by atoms with Crippen LogP contribution in [0.25, 0.3) is 16.2 Å². The van der Waals surface area contributed by atoms with E-state index < -0.39 is 42.9 Å². The van der Waals surface area contributed by atoms with E-state index in [4.69, 9.17) is 32.5 Å². The molecule has 3 rings (SSSR count). The number of hydrogen-bond acceptors (Lipinski definition) is 6. The smallest absolute Gasteiger partial charge is 0.313 e. The zero-order valence-corrected chi connectivity index (χ0v) is 23.2. The molecule has 0 spiro atoms. The third-order valence-electron chi connectivity index (χ3n) is 5.14. The molecule has 3 aromatic rings. The quantitative estimate of drug-likeness (QED) is 0.170. The molecule has 0 aliphatic rings. The summed E-state index contributed by atoms with van der Waals surface area (Å²) in [6, 6.07) is 9.22. The monoisotopic (exact) mass is 571 g/mol. The number of rotatable bonds is 8. The first-order valence-corrected chi connectivity index (χ1v) is 14.5. The maximum absolute atomic E-state index is 14.0. The predicted octanol–water partition coefficient (Wildman–Crippen LogP) is 7.65. The number of fused-ring (bicyclic) bond motifs is 1. The Morgan fingerprint density at radius 3 is 2.53 bits per heavy atom. The average Bonchev–Trinajstić information content (AvgIpc) is 3.17. The van der Waals surface area contributed by atoms with Gasteiger partial charge in [-0.05, 0) is 79.6 Å². The Morgan fingerprint density at radius 2 is 1.83 bits per heavy atom. The van der Waals surface area contributed by atoms with Gasteiger partial charge in [0.15, 0.2) is 6.79 Å². The standard InChI is InChI=1S/C25H25Cl2FNO5PS/c1-25(2,3)24(31)33-14-34-35(4,32)22(19-13-36-21-8-6-17(27)12-18(19)21)23(30)29-10-9-15-11-16(26)5-7-20(15)28/h5-13,22H,14H2,1-4H3,(H,29,30)/b10-9+. The highest BCUT2D eigenvalue weighted by atomic mass is 35.5. The summed E-state index contributed by atoms with van der Waals surface area (Å²) in [4.78, 5) is 25.4. The average molecular weight is 572 g/mol. The molecule has 0 aliphatic heterocycles. The second-order valence-electron chi connectivity index (χ2n) is 9.08. The van der Waals surface area contributed by atoms with Crippen LogP contribution in [-0.2, 0) is 23.4 Å². The van der Waals surface area contributed by atoms with E-state index in [1.165, 1.54) is 48.5 Å². The van der Waals surface area contributed by atoms with E-state index in [1.54, 1.807) is 44.4 Å². The Kier molecular flexibility index (Phi) is 9.02. The molecule has 1 amide bonds. The Balaban J connectivity index is 1.90. The number of nitrogens with one attached hydrogen (secondary N) is 1. The molecule has 1 N–H and O–H groups in total. The normalized spacial score (nSPS) is 14.5. The minimum absolute atomic E-state index is 0.164. The van der Waals surface area contributed by atoms with Crippen molar-refractivity contribution >= 4 is 69.9 Å². The van der Waals surface area contributed by atoms with Crippen LogP contribution in [0.5, 0.6) is 0 Å². The van der Waals surface area contributed by atoms with Gasteiger partial charge in [-0.15, -0.1) is 11.3 Å². The molecule has 0 radical (unpaired) electrons. The molecule has 2 aromatic carbocycles. The van der Waals surface area contributed by atoms with Crippen molar-refractivity contribution < 1.29 is 27.8 Å². The molecule has 36 heavy (non-hydrogen) atoms. The summed E-state index contributed by atoms with van der Waals surface area (Å²) in [5.41, 5.74) is -1.42. The summed E-state index contributed by atoms with van der Waals surface area (Å²) in [6.45, 7) is 5.74. The van der Waals surface area contributed by atoms with Crippen LogP contribution in [0, 0.1) is 11.2 Å². The van der Waals surface area contributed by atoms with Crippen LogP contribution in [0.15, 0.2) is 48.0 Å². The maximum Gasteiger partial charge on any atom is 0.313 e. The molecule has 0 fully saturated rings. The highest BCUT2D eigenvalue weighted by Crippen LogP contribution is 2.59. The SMILES string of the molecule is CC(C)(C)C(=O)OCOP(C)(=O)C(C(=O)N/C=C/c1cc(Cl)ccc1F)c1csc2ccc(Cl)cc12. The van der Waals surface area contributed by atoms with Crippen LogP contribution < -0.4 is 5.32 Å². The number of carbonyl (C=O) groups is 2. The number of thiophene rings is 1. The molecule has 0 saturated carbocycles. The first kappa shape index (κ1) is 28.4. The van der Waals surface area contributed by atoms with Gasteiger partial charge in [0, 0.05) is 33.2 Å². The maximum atomic E-state index is 14.0. The Hall–Kier alpha value is -2.22. The fraction of sp³-hybridized carbons (Fsp3) is 0.280. The van der Waals surface area contributed by atoms with Crippen molar-refractivity contribution in [2.75, 3.05) is 13.5 Å². The van der Waals surface area contributed by atoms with Gasteiger partial charge in [0.1, 0.15) is 11.5 Å². The van der Waals surface area contributed by atoms with E-state index in [2.05, 4.69) is 5.32 Å². The Bertz CT molecular complexity index is 1370. The zero-order chi connectivity index (χ0) is 26.7. The van der Waals surface area contributed by atoms with Crippen LogP contribution in [-0.4, -0.2) is 25.3 Å². The van der Waals surface area contributed by atoms with Gasteiger partial charge in [-0.3, -0.25) is 18.7 Å². The van der Waals surface area contributed by atoms with E-state index in [1.807, 2.05) is 0 Å². The molecule has 0 aliphatic carbocycles. The summed E-state index contributed by atoms with van der Waals surface area (Å²) in [7, 11) is -3.76. The predicted molar refractivity (Wildman–Crippen MR) is 143 cm³/mol. The van der Waals surface area contributed by atoms with Crippen molar-refractivity contribution in [1.82, 2.24) is 5.32 Å². The van der Waals surface area contributed by atoms with Crippen molar-refractivity contribution in [3.8, 4) is 0 Å². The fourth-order valence-corrected chi connectivity index (χ4v) is 6.30. The van der Waals surface area contributed by atoms with Gasteiger partial charge in [0.2, 0.25) is 13.3 Å². The topological polar surface area (TPSA) is 81.7 Å². The highest BCUT2D eigenvalue weighted by Gasteiger charge is 2.39. The van der Waals surface area contributed by atoms with Crippen LogP contribution in [0.2, 0.25) is 10.0 Å². The number of carbonyl (C=O) groups excluding carboxylic acids is 2. The second kappa shape index (κ2) is 11.4. The Morgan fingerprint density at radius 1 is 1.17 bits per heavy atom. The number of hydrogen-bond donors (Lipinski definition) is 1. The second-order valence-corrected chi connectivity index (χ2v) is 13.5. The highest BCUT2D eigenvalue weighted by molar-refractivity contribution is 7.59. The number of amides is 1. The van der Waals surface area contributed by atoms with Gasteiger partial charge in [-0.25, -0.2) is 4.39 Å². The lowest BCUT2D eigenvalue weighted by Crippen LogP contribution is -2.27. The third kappa shape index (κ3) is 6.96. The van der Waals surface area contributed by atoms with E-state index in [-0.39, 0.29) is 5.56 Å². The molecule has 2 atom stereocenters. The first-order chi connectivity index (χ1) is 16.8.